The van der Waals surface area contributed by atoms with E-state index in [2.05, 4.69) is 29.6 Å². The van der Waals surface area contributed by atoms with Crippen LogP contribution in [0.4, 0.5) is 10.5 Å². The molecule has 7 nitrogen and oxygen atoms in total. The molecular weight excluding hydrogens is 444 g/mol. The quantitative estimate of drug-likeness (QED) is 0.486. The summed E-state index contributed by atoms with van der Waals surface area (Å²) in [5, 5.41) is 11.8. The van der Waals surface area contributed by atoms with Crippen molar-refractivity contribution in [3.05, 3.63) is 89.5 Å². The molecule has 2 N–H and O–H groups in total. The molecule has 0 aliphatic heterocycles. The van der Waals surface area contributed by atoms with Crippen LogP contribution in [0.2, 0.25) is 0 Å². The van der Waals surface area contributed by atoms with Gasteiger partial charge < -0.3 is 20.1 Å². The van der Waals surface area contributed by atoms with Crippen LogP contribution >= 0.6 is 0 Å². The predicted octanol–water partition coefficient (Wildman–Crippen LogP) is 4.91. The zero-order chi connectivity index (χ0) is 24.9. The maximum atomic E-state index is 12.7. The van der Waals surface area contributed by atoms with Gasteiger partial charge in [-0.3, -0.25) is 4.79 Å². The van der Waals surface area contributed by atoms with Crippen molar-refractivity contribution in [1.29, 1.82) is 0 Å². The number of amides is 2. The molecule has 1 unspecified atom stereocenters. The number of nitrogens with zero attached hydrogens (tertiary/aromatic N) is 1. The van der Waals surface area contributed by atoms with E-state index >= 15 is 0 Å². The van der Waals surface area contributed by atoms with Gasteiger partial charge in [-0.05, 0) is 52.9 Å². The van der Waals surface area contributed by atoms with Crippen LogP contribution in [-0.4, -0.2) is 43.3 Å². The molecule has 0 aromatic heterocycles. The number of alkyl carbamates (subject to hydrolysis) is 1. The number of carboxylic acid groups (broad SMARTS) is 1. The maximum Gasteiger partial charge on any atom is 0.407 e. The van der Waals surface area contributed by atoms with E-state index in [0.29, 0.717) is 18.7 Å². The molecule has 0 radical (unpaired) electrons. The number of carboxylic acids is 1. The van der Waals surface area contributed by atoms with Crippen molar-refractivity contribution in [3.63, 3.8) is 0 Å². The van der Waals surface area contributed by atoms with Gasteiger partial charge in [-0.2, -0.15) is 0 Å². The lowest BCUT2D eigenvalue weighted by molar-refractivity contribution is -0.121. The van der Waals surface area contributed by atoms with Crippen LogP contribution in [0.5, 0.6) is 0 Å². The Morgan fingerprint density at radius 2 is 1.51 bits per heavy atom. The third-order valence-corrected chi connectivity index (χ3v) is 6.44. The first-order chi connectivity index (χ1) is 16.9. The Bertz CT molecular complexity index is 1190. The van der Waals surface area contributed by atoms with Crippen molar-refractivity contribution < 1.29 is 24.2 Å². The van der Waals surface area contributed by atoms with Crippen LogP contribution in [0.25, 0.3) is 11.1 Å². The van der Waals surface area contributed by atoms with E-state index in [0.717, 1.165) is 11.1 Å². The van der Waals surface area contributed by atoms with Gasteiger partial charge in [-0.15, -0.1) is 0 Å². The number of rotatable bonds is 8. The Morgan fingerprint density at radius 1 is 0.943 bits per heavy atom. The average molecular weight is 473 g/mol. The number of carbonyl (C=O) groups excluding carboxylic acids is 2. The molecule has 0 spiro atoms. The summed E-state index contributed by atoms with van der Waals surface area (Å²) in [5.74, 6) is -1.48. The number of carbonyl (C=O) groups is 3. The maximum absolute atomic E-state index is 12.7. The zero-order valence-corrected chi connectivity index (χ0v) is 19.7. The molecule has 0 saturated carbocycles. The molecular formula is C28H28N2O5. The fourth-order valence-corrected chi connectivity index (χ4v) is 4.45. The summed E-state index contributed by atoms with van der Waals surface area (Å²) in [4.78, 5) is 37.6. The van der Waals surface area contributed by atoms with Crippen LogP contribution in [0.3, 0.4) is 0 Å². The van der Waals surface area contributed by atoms with Crippen molar-refractivity contribution >= 4 is 23.7 Å². The van der Waals surface area contributed by atoms with E-state index in [-0.39, 0.29) is 29.9 Å². The first-order valence-electron chi connectivity index (χ1n) is 11.6. The van der Waals surface area contributed by atoms with Crippen molar-refractivity contribution in [1.82, 2.24) is 5.32 Å². The smallest absolute Gasteiger partial charge is 0.407 e. The summed E-state index contributed by atoms with van der Waals surface area (Å²) in [6.45, 7) is 2.34. The van der Waals surface area contributed by atoms with Crippen LogP contribution < -0.4 is 10.2 Å². The van der Waals surface area contributed by atoms with Gasteiger partial charge in [-0.25, -0.2) is 9.59 Å². The van der Waals surface area contributed by atoms with Crippen molar-refractivity contribution in [2.45, 2.75) is 19.3 Å². The van der Waals surface area contributed by atoms with Crippen molar-refractivity contribution in [3.8, 4) is 11.1 Å². The number of hydrogen-bond donors (Lipinski definition) is 2. The molecule has 0 saturated heterocycles. The minimum Gasteiger partial charge on any atom is -0.478 e. The Morgan fingerprint density at radius 3 is 2.09 bits per heavy atom. The second kappa shape index (κ2) is 10.4. The predicted molar refractivity (Wildman–Crippen MR) is 134 cm³/mol. The lowest BCUT2D eigenvalue weighted by atomic mass is 9.98. The normalized spacial score (nSPS) is 12.9. The minimum atomic E-state index is -1.02. The van der Waals surface area contributed by atoms with Gasteiger partial charge in [0.1, 0.15) is 6.61 Å². The first-order valence-corrected chi connectivity index (χ1v) is 11.6. The van der Waals surface area contributed by atoms with Crippen LogP contribution in [0.1, 0.15) is 40.7 Å². The molecule has 180 valence electrons. The molecule has 35 heavy (non-hydrogen) atoms. The second-order valence-electron chi connectivity index (χ2n) is 8.69. The van der Waals surface area contributed by atoms with Gasteiger partial charge in [-0.1, -0.05) is 55.5 Å². The molecule has 1 atom stereocenters. The highest BCUT2D eigenvalue weighted by molar-refractivity contribution is 5.95. The van der Waals surface area contributed by atoms with Crippen LogP contribution in [0.15, 0.2) is 72.8 Å². The molecule has 2 amide bonds. The van der Waals surface area contributed by atoms with Crippen LogP contribution in [0, 0.1) is 5.92 Å². The third-order valence-electron chi connectivity index (χ3n) is 6.44. The van der Waals surface area contributed by atoms with E-state index < -0.39 is 12.1 Å². The summed E-state index contributed by atoms with van der Waals surface area (Å²) in [5.41, 5.74) is 5.42. The van der Waals surface area contributed by atoms with Gasteiger partial charge in [0.25, 0.3) is 0 Å². The summed E-state index contributed by atoms with van der Waals surface area (Å²) < 4.78 is 5.54. The number of fused-ring (bicyclic) bond motifs is 3. The van der Waals surface area contributed by atoms with Gasteiger partial charge in [0.05, 0.1) is 5.56 Å². The molecule has 0 fully saturated rings. The number of ether oxygens (including phenoxy) is 1. The number of nitrogens with one attached hydrogen (secondary N) is 1. The monoisotopic (exact) mass is 472 g/mol. The highest BCUT2D eigenvalue weighted by Crippen LogP contribution is 2.44. The number of benzene rings is 3. The van der Waals surface area contributed by atoms with Gasteiger partial charge in [0.2, 0.25) is 5.91 Å². The minimum absolute atomic E-state index is 0.00480. The molecule has 1 aliphatic carbocycles. The summed E-state index contributed by atoms with van der Waals surface area (Å²) in [6.07, 6.45) is -0.0651. The topological polar surface area (TPSA) is 95.9 Å². The molecule has 1 aliphatic rings. The highest BCUT2D eigenvalue weighted by atomic mass is 16.5. The third kappa shape index (κ3) is 5.19. The van der Waals surface area contributed by atoms with Gasteiger partial charge >= 0.3 is 12.1 Å². The fraction of sp³-hybridized carbons (Fsp3) is 0.250. The van der Waals surface area contributed by atoms with Gasteiger partial charge in [0.15, 0.2) is 0 Å². The van der Waals surface area contributed by atoms with Crippen LogP contribution in [-0.2, 0) is 9.53 Å². The summed E-state index contributed by atoms with van der Waals surface area (Å²) in [7, 11) is 1.65. The van der Waals surface area contributed by atoms with Crippen molar-refractivity contribution in [2.75, 3.05) is 25.1 Å². The van der Waals surface area contributed by atoms with E-state index in [9.17, 15) is 14.4 Å². The zero-order valence-electron chi connectivity index (χ0n) is 19.7. The Labute approximate surface area is 204 Å². The molecule has 0 bridgehead atoms. The molecule has 3 aromatic rings. The first kappa shape index (κ1) is 24.0. The number of anilines is 1. The fourth-order valence-electron chi connectivity index (χ4n) is 4.45. The lowest BCUT2D eigenvalue weighted by Crippen LogP contribution is -2.34. The van der Waals surface area contributed by atoms with Gasteiger partial charge in [0, 0.05) is 31.1 Å². The molecule has 0 heterocycles. The Kier molecular flexibility index (Phi) is 7.15. The largest absolute Gasteiger partial charge is 0.478 e. The highest BCUT2D eigenvalue weighted by Gasteiger charge is 2.29. The summed E-state index contributed by atoms with van der Waals surface area (Å²) >= 11 is 0. The lowest BCUT2D eigenvalue weighted by Gasteiger charge is -2.22. The SMILES string of the molecule is CC(CCNC(=O)OCC1c2ccccc2-c2ccccc21)C(=O)N(C)c1ccc(C(=O)O)cc1. The second-order valence-corrected chi connectivity index (χ2v) is 8.69. The molecule has 4 rings (SSSR count). The van der Waals surface area contributed by atoms with E-state index in [1.807, 2.05) is 24.3 Å². The molecule has 7 heteroatoms. The Hall–Kier alpha value is -4.13. The number of aromatic carboxylic acids is 1. The van der Waals surface area contributed by atoms with Crippen molar-refractivity contribution in [2.24, 2.45) is 5.92 Å². The number of hydrogen-bond acceptors (Lipinski definition) is 4. The average Bonchev–Trinajstić information content (AvgIpc) is 3.20. The van der Waals surface area contributed by atoms with E-state index in [1.165, 1.54) is 28.2 Å². The summed E-state index contributed by atoms with van der Waals surface area (Å²) in [6, 6.07) is 22.4. The van der Waals surface area contributed by atoms with E-state index in [1.54, 1.807) is 26.1 Å². The van der Waals surface area contributed by atoms with E-state index in [4.69, 9.17) is 9.84 Å². The standard InChI is InChI=1S/C28H28N2O5/c1-18(26(31)30(2)20-13-11-19(12-14-20)27(32)33)15-16-29-28(34)35-17-25-23-9-5-3-7-21(23)22-8-4-6-10-24(22)25/h3-14,18,25H,15-17H2,1-2H3,(H,29,34)(H,32,33). The Balaban J connectivity index is 1.26. The molecule has 3 aromatic carbocycles.